The van der Waals surface area contributed by atoms with Gasteiger partial charge in [0.05, 0.1) is 23.4 Å². The van der Waals surface area contributed by atoms with Crippen LogP contribution in [0.4, 0.5) is 10.7 Å². The van der Waals surface area contributed by atoms with Crippen LogP contribution in [0.15, 0.2) is 54.6 Å². The summed E-state index contributed by atoms with van der Waals surface area (Å²) < 4.78 is 4.89. The van der Waals surface area contributed by atoms with Gasteiger partial charge in [-0.2, -0.15) is 0 Å². The third-order valence-electron chi connectivity index (χ3n) is 3.60. The standard InChI is InChI=1S/C19H14Cl2N2O2S2/c1-25-18(24)13-10-16(11-5-3-2-4-6-11)27-17(13)23-19(26)22-15-8-7-12(20)9-14(15)21/h2-10H,1H3,(H2,22,23,26). The van der Waals surface area contributed by atoms with Gasteiger partial charge in [-0.1, -0.05) is 53.5 Å². The molecule has 0 saturated heterocycles. The summed E-state index contributed by atoms with van der Waals surface area (Å²) in [6.07, 6.45) is 0. The van der Waals surface area contributed by atoms with Crippen LogP contribution in [-0.2, 0) is 4.74 Å². The van der Waals surface area contributed by atoms with Crippen LogP contribution in [0.2, 0.25) is 10.0 Å². The van der Waals surface area contributed by atoms with Crippen LogP contribution in [-0.4, -0.2) is 18.2 Å². The third-order valence-corrected chi connectivity index (χ3v) is 5.45. The number of hydrogen-bond donors (Lipinski definition) is 2. The van der Waals surface area contributed by atoms with Crippen molar-refractivity contribution in [1.82, 2.24) is 0 Å². The van der Waals surface area contributed by atoms with Gasteiger partial charge in [0.15, 0.2) is 5.11 Å². The van der Waals surface area contributed by atoms with Gasteiger partial charge in [-0.15, -0.1) is 11.3 Å². The Morgan fingerprint density at radius 2 is 1.81 bits per heavy atom. The monoisotopic (exact) mass is 436 g/mol. The summed E-state index contributed by atoms with van der Waals surface area (Å²) >= 11 is 18.8. The van der Waals surface area contributed by atoms with Crippen LogP contribution in [0.3, 0.4) is 0 Å². The van der Waals surface area contributed by atoms with E-state index in [2.05, 4.69) is 10.6 Å². The number of nitrogens with one attached hydrogen (secondary N) is 2. The number of rotatable bonds is 4. The van der Waals surface area contributed by atoms with E-state index >= 15 is 0 Å². The van der Waals surface area contributed by atoms with E-state index in [0.29, 0.717) is 31.4 Å². The Labute approximate surface area is 176 Å². The zero-order chi connectivity index (χ0) is 19.4. The zero-order valence-electron chi connectivity index (χ0n) is 14.1. The predicted octanol–water partition coefficient (Wildman–Crippen LogP) is 6.32. The molecule has 138 valence electrons. The zero-order valence-corrected chi connectivity index (χ0v) is 17.2. The normalized spacial score (nSPS) is 10.3. The molecule has 0 unspecified atom stereocenters. The predicted molar refractivity (Wildman–Crippen MR) is 117 cm³/mol. The maximum atomic E-state index is 12.2. The maximum Gasteiger partial charge on any atom is 0.340 e. The summed E-state index contributed by atoms with van der Waals surface area (Å²) in [7, 11) is 1.34. The minimum Gasteiger partial charge on any atom is -0.465 e. The Bertz CT molecular complexity index is 991. The number of ether oxygens (including phenoxy) is 1. The summed E-state index contributed by atoms with van der Waals surface area (Å²) in [6.45, 7) is 0. The third kappa shape index (κ3) is 4.78. The van der Waals surface area contributed by atoms with Gasteiger partial charge in [-0.3, -0.25) is 0 Å². The highest BCUT2D eigenvalue weighted by atomic mass is 35.5. The van der Waals surface area contributed by atoms with Gasteiger partial charge in [-0.05, 0) is 42.0 Å². The van der Waals surface area contributed by atoms with Crippen LogP contribution in [0.25, 0.3) is 10.4 Å². The first-order valence-corrected chi connectivity index (χ1v) is 9.76. The molecule has 3 aromatic rings. The second kappa shape index (κ2) is 8.71. The molecule has 0 atom stereocenters. The van der Waals surface area contributed by atoms with Crippen molar-refractivity contribution in [2.75, 3.05) is 17.7 Å². The lowest BCUT2D eigenvalue weighted by atomic mass is 10.1. The van der Waals surface area contributed by atoms with Gasteiger partial charge in [0.25, 0.3) is 0 Å². The van der Waals surface area contributed by atoms with E-state index in [1.54, 1.807) is 24.3 Å². The summed E-state index contributed by atoms with van der Waals surface area (Å²) in [6, 6.07) is 16.6. The van der Waals surface area contributed by atoms with Gasteiger partial charge in [0.2, 0.25) is 0 Å². The lowest BCUT2D eigenvalue weighted by Gasteiger charge is -2.11. The van der Waals surface area contributed by atoms with Crippen LogP contribution >= 0.6 is 46.8 Å². The lowest BCUT2D eigenvalue weighted by Crippen LogP contribution is -2.20. The van der Waals surface area contributed by atoms with E-state index < -0.39 is 5.97 Å². The van der Waals surface area contributed by atoms with Crippen molar-refractivity contribution in [1.29, 1.82) is 0 Å². The maximum absolute atomic E-state index is 12.2. The van der Waals surface area contributed by atoms with Gasteiger partial charge in [0.1, 0.15) is 5.00 Å². The number of thiophene rings is 1. The number of methoxy groups -OCH3 is 1. The van der Waals surface area contributed by atoms with Gasteiger partial charge >= 0.3 is 5.97 Å². The number of benzene rings is 2. The molecule has 0 fully saturated rings. The molecule has 1 heterocycles. The number of anilines is 2. The van der Waals surface area contributed by atoms with Crippen molar-refractivity contribution >= 4 is 68.5 Å². The molecule has 4 nitrogen and oxygen atoms in total. The van der Waals surface area contributed by atoms with Crippen molar-refractivity contribution in [2.45, 2.75) is 0 Å². The molecule has 0 spiro atoms. The summed E-state index contributed by atoms with van der Waals surface area (Å²) in [4.78, 5) is 13.1. The molecule has 3 rings (SSSR count). The molecule has 2 aromatic carbocycles. The van der Waals surface area contributed by atoms with Crippen molar-refractivity contribution in [3.05, 3.63) is 70.2 Å². The minimum absolute atomic E-state index is 0.297. The van der Waals surface area contributed by atoms with E-state index in [1.165, 1.54) is 18.4 Å². The Kier molecular flexibility index (Phi) is 6.34. The summed E-state index contributed by atoms with van der Waals surface area (Å²) in [5.41, 5.74) is 2.02. The molecule has 0 aliphatic rings. The molecule has 27 heavy (non-hydrogen) atoms. The minimum atomic E-state index is -0.441. The van der Waals surface area contributed by atoms with Gasteiger partial charge in [-0.25, -0.2) is 4.79 Å². The smallest absolute Gasteiger partial charge is 0.340 e. The molecular formula is C19H14Cl2N2O2S2. The molecule has 1 aromatic heterocycles. The van der Waals surface area contributed by atoms with Crippen LogP contribution < -0.4 is 10.6 Å². The number of esters is 1. The highest BCUT2D eigenvalue weighted by Gasteiger charge is 2.18. The van der Waals surface area contributed by atoms with Crippen molar-refractivity contribution in [2.24, 2.45) is 0 Å². The van der Waals surface area contributed by atoms with Crippen LogP contribution in [0.1, 0.15) is 10.4 Å². The SMILES string of the molecule is COC(=O)c1cc(-c2ccccc2)sc1NC(=S)Nc1ccc(Cl)cc1Cl. The Balaban J connectivity index is 1.85. The number of halogens is 2. The lowest BCUT2D eigenvalue weighted by molar-refractivity contribution is 0.0602. The molecule has 0 radical (unpaired) electrons. The second-order valence-corrected chi connectivity index (χ2v) is 7.72. The van der Waals surface area contributed by atoms with E-state index in [4.69, 9.17) is 40.2 Å². The topological polar surface area (TPSA) is 50.4 Å². The number of carbonyl (C=O) groups is 1. The van der Waals surface area contributed by atoms with E-state index in [9.17, 15) is 4.79 Å². The molecule has 0 saturated carbocycles. The first-order valence-electron chi connectivity index (χ1n) is 7.78. The number of thiocarbonyl (C=S) groups is 1. The second-order valence-electron chi connectivity index (χ2n) is 5.41. The highest BCUT2D eigenvalue weighted by Crippen LogP contribution is 2.36. The first kappa shape index (κ1) is 19.6. The van der Waals surface area contributed by atoms with E-state index in [0.717, 1.165) is 10.4 Å². The molecule has 0 aliphatic heterocycles. The van der Waals surface area contributed by atoms with Crippen LogP contribution in [0.5, 0.6) is 0 Å². The van der Waals surface area contributed by atoms with E-state index in [-0.39, 0.29) is 0 Å². The fourth-order valence-electron chi connectivity index (χ4n) is 2.34. The fraction of sp³-hybridized carbons (Fsp3) is 0.0526. The molecule has 0 aliphatic carbocycles. The van der Waals surface area contributed by atoms with Gasteiger partial charge < -0.3 is 15.4 Å². The number of carbonyl (C=O) groups excluding carboxylic acids is 1. The van der Waals surface area contributed by atoms with Crippen molar-refractivity contribution in [3.8, 4) is 10.4 Å². The Morgan fingerprint density at radius 1 is 1.07 bits per heavy atom. The molecule has 0 amide bonds. The quantitative estimate of drug-likeness (QED) is 0.370. The fourth-order valence-corrected chi connectivity index (χ4v) is 4.13. The van der Waals surface area contributed by atoms with E-state index in [1.807, 2.05) is 30.3 Å². The van der Waals surface area contributed by atoms with Crippen molar-refractivity contribution in [3.63, 3.8) is 0 Å². The molecule has 8 heteroatoms. The molecule has 0 bridgehead atoms. The number of hydrogen-bond acceptors (Lipinski definition) is 4. The Morgan fingerprint density at radius 3 is 2.48 bits per heavy atom. The summed E-state index contributed by atoms with van der Waals surface area (Å²) in [5.74, 6) is -0.441. The average Bonchev–Trinajstić information content (AvgIpc) is 3.08. The van der Waals surface area contributed by atoms with Crippen LogP contribution in [0, 0.1) is 0 Å². The highest BCUT2D eigenvalue weighted by molar-refractivity contribution is 7.80. The van der Waals surface area contributed by atoms with Gasteiger partial charge in [0, 0.05) is 9.90 Å². The first-order chi connectivity index (χ1) is 13.0. The van der Waals surface area contributed by atoms with Crippen molar-refractivity contribution < 1.29 is 9.53 Å². The Hall–Kier alpha value is -2.12. The molecular weight excluding hydrogens is 423 g/mol. The summed E-state index contributed by atoms with van der Waals surface area (Å²) in [5, 5.41) is 7.91. The average molecular weight is 437 g/mol. The molecule has 2 N–H and O–H groups in total. The largest absolute Gasteiger partial charge is 0.465 e.